The predicted molar refractivity (Wildman–Crippen MR) is 199 cm³/mol. The van der Waals surface area contributed by atoms with E-state index in [0.29, 0.717) is 41.6 Å². The van der Waals surface area contributed by atoms with Crippen molar-refractivity contribution in [3.8, 4) is 23.0 Å². The Hall–Kier alpha value is -4.25. The fourth-order valence-electron chi connectivity index (χ4n) is 4.59. The van der Waals surface area contributed by atoms with Crippen LogP contribution in [0.4, 0.5) is 22.7 Å². The molecular formula is C32H22Cl4CrN6O8S2. The van der Waals surface area contributed by atoms with Gasteiger partial charge in [-0.3, -0.25) is 0 Å². The number of benzene rings is 6. The number of sulfonamides is 2. The third kappa shape index (κ3) is 9.29. The van der Waals surface area contributed by atoms with Crippen LogP contribution in [0.5, 0.6) is 23.0 Å². The number of fused-ring (bicyclic) bond motifs is 2. The number of azo groups is 2. The Labute approximate surface area is 331 Å². The Bertz CT molecular complexity index is 2520. The number of rotatable bonds is 6. The maximum Gasteiger partial charge on any atom is 0.238 e. The van der Waals surface area contributed by atoms with E-state index in [-0.39, 0.29) is 61.4 Å². The number of phenols is 4. The second-order valence-electron chi connectivity index (χ2n) is 10.6. The third-order valence-corrected chi connectivity index (χ3v) is 10.3. The van der Waals surface area contributed by atoms with Crippen LogP contribution in [0, 0.1) is 0 Å². The van der Waals surface area contributed by atoms with Crippen LogP contribution in [0.2, 0.25) is 20.1 Å². The van der Waals surface area contributed by atoms with Crippen LogP contribution in [0.25, 0.3) is 21.5 Å². The van der Waals surface area contributed by atoms with Crippen molar-refractivity contribution in [3.63, 3.8) is 0 Å². The quantitative estimate of drug-likeness (QED) is 0.0878. The summed E-state index contributed by atoms with van der Waals surface area (Å²) in [4.78, 5) is -0.521. The molecular weight excluding hydrogens is 854 g/mol. The van der Waals surface area contributed by atoms with E-state index in [1.807, 2.05) is 0 Å². The van der Waals surface area contributed by atoms with Crippen molar-refractivity contribution in [2.75, 3.05) is 0 Å². The molecule has 0 fully saturated rings. The first-order valence-corrected chi connectivity index (χ1v) is 18.7. The molecule has 0 aromatic heterocycles. The van der Waals surface area contributed by atoms with Crippen molar-refractivity contribution in [2.45, 2.75) is 9.79 Å². The van der Waals surface area contributed by atoms with Crippen molar-refractivity contribution in [1.29, 1.82) is 0 Å². The Kier molecular flexibility index (Phi) is 12.9. The van der Waals surface area contributed by atoms with E-state index in [2.05, 4.69) is 20.5 Å². The summed E-state index contributed by atoms with van der Waals surface area (Å²) < 4.78 is 45.0. The topological polar surface area (TPSA) is 251 Å². The van der Waals surface area contributed by atoms with Crippen molar-refractivity contribution in [2.24, 2.45) is 30.7 Å². The van der Waals surface area contributed by atoms with Crippen LogP contribution >= 0.6 is 46.4 Å². The minimum absolute atomic E-state index is 0. The molecule has 6 aromatic rings. The normalized spacial score (nSPS) is 11.9. The standard InChI is InChI=1S/2C16H11Cl2N3O4S.Cr/c2*17-10-3-4-11(18)15-9(10)2-6-13(16(15)23)21-20-12-5-1-8(7-14(12)22)26(19,24)25;/h2*1-7,22-23H,(H2,19,24,25);. The van der Waals surface area contributed by atoms with Gasteiger partial charge in [0.1, 0.15) is 34.2 Å². The van der Waals surface area contributed by atoms with Gasteiger partial charge in [-0.1, -0.05) is 58.5 Å². The number of hydrogen-bond donors (Lipinski definition) is 6. The second-order valence-corrected chi connectivity index (χ2v) is 15.3. The molecule has 0 atom stereocenters. The van der Waals surface area contributed by atoms with Gasteiger partial charge in [-0.2, -0.15) is 0 Å². The second kappa shape index (κ2) is 16.4. The first-order valence-electron chi connectivity index (χ1n) is 14.1. The number of hydrogen-bond acceptors (Lipinski definition) is 12. The van der Waals surface area contributed by atoms with Gasteiger partial charge in [0.05, 0.1) is 19.8 Å². The van der Waals surface area contributed by atoms with Crippen molar-refractivity contribution in [1.82, 2.24) is 0 Å². The summed E-state index contributed by atoms with van der Waals surface area (Å²) in [6.45, 7) is 0. The SMILES string of the molecule is NS(=O)(=O)c1ccc(N=Nc2ccc3c(Cl)ccc(Cl)c3c2O)c(O)c1.NS(=O)(=O)c1ccc(N=Nc2ccc3c(Cl)ccc(Cl)c3c2O)c(O)c1.[Cr]. The molecule has 0 aliphatic rings. The smallest absolute Gasteiger partial charge is 0.238 e. The van der Waals surface area contributed by atoms with Crippen molar-refractivity contribution < 1.29 is 54.6 Å². The van der Waals surface area contributed by atoms with Crippen LogP contribution in [-0.4, -0.2) is 37.3 Å². The summed E-state index contributed by atoms with van der Waals surface area (Å²) in [6, 6.07) is 19.3. The molecule has 0 aliphatic heterocycles. The van der Waals surface area contributed by atoms with Gasteiger partial charge in [0.15, 0.2) is 11.5 Å². The molecule has 53 heavy (non-hydrogen) atoms. The summed E-state index contributed by atoms with van der Waals surface area (Å²) in [7, 11) is -7.90. The molecule has 0 heterocycles. The molecule has 6 rings (SSSR count). The molecule has 0 spiro atoms. The summed E-state index contributed by atoms with van der Waals surface area (Å²) in [5.74, 6) is -1.30. The fraction of sp³-hybridized carbons (Fsp3) is 0. The molecule has 6 aromatic carbocycles. The van der Waals surface area contributed by atoms with Gasteiger partial charge in [-0.05, 0) is 60.7 Å². The zero-order valence-corrected chi connectivity index (χ0v) is 32.1. The van der Waals surface area contributed by atoms with E-state index in [4.69, 9.17) is 56.7 Å². The average Bonchev–Trinajstić information content (AvgIpc) is 3.07. The van der Waals surface area contributed by atoms with Crippen LogP contribution < -0.4 is 10.3 Å². The van der Waals surface area contributed by atoms with Gasteiger partial charge in [0, 0.05) is 61.1 Å². The van der Waals surface area contributed by atoms with Crippen LogP contribution in [0.3, 0.4) is 0 Å². The van der Waals surface area contributed by atoms with E-state index < -0.39 is 31.5 Å². The maximum atomic E-state index is 11.3. The molecule has 0 amide bonds. The Morgan fingerprint density at radius 2 is 0.755 bits per heavy atom. The van der Waals surface area contributed by atoms with Gasteiger partial charge in [-0.15, -0.1) is 20.5 Å². The molecule has 274 valence electrons. The maximum absolute atomic E-state index is 11.3. The van der Waals surface area contributed by atoms with Gasteiger partial charge in [0.25, 0.3) is 0 Å². The molecule has 0 bridgehead atoms. The number of primary sulfonamides is 2. The number of aromatic hydroxyl groups is 4. The fourth-order valence-corrected chi connectivity index (χ4v) is 6.60. The average molecular weight is 877 g/mol. The monoisotopic (exact) mass is 874 g/mol. The van der Waals surface area contributed by atoms with Crippen LogP contribution in [-0.2, 0) is 37.4 Å². The molecule has 0 unspecified atom stereocenters. The van der Waals surface area contributed by atoms with Gasteiger partial charge >= 0.3 is 0 Å². The summed E-state index contributed by atoms with van der Waals surface area (Å²) in [5, 5.41) is 69.1. The minimum Gasteiger partial charge on any atom is -0.506 e. The first-order chi connectivity index (χ1) is 24.4. The number of nitrogens with two attached hydrogens (primary N) is 2. The number of halogens is 4. The Morgan fingerprint density at radius 1 is 0.453 bits per heavy atom. The number of nitrogens with zero attached hydrogens (tertiary/aromatic N) is 4. The van der Waals surface area contributed by atoms with Crippen molar-refractivity contribution >= 4 is 111 Å². The van der Waals surface area contributed by atoms with E-state index >= 15 is 0 Å². The zero-order valence-electron chi connectivity index (χ0n) is 26.2. The Balaban J connectivity index is 0.000000232. The molecule has 8 N–H and O–H groups in total. The Morgan fingerprint density at radius 3 is 1.08 bits per heavy atom. The first kappa shape index (κ1) is 41.5. The molecule has 21 heteroatoms. The summed E-state index contributed by atoms with van der Waals surface area (Å²) >= 11 is 24.4. The van der Waals surface area contributed by atoms with E-state index in [0.717, 1.165) is 12.1 Å². The van der Waals surface area contributed by atoms with E-state index in [9.17, 15) is 37.3 Å². The summed E-state index contributed by atoms with van der Waals surface area (Å²) in [6.07, 6.45) is 0. The predicted octanol–water partition coefficient (Wildman–Crippen LogP) is 9.24. The van der Waals surface area contributed by atoms with Gasteiger partial charge in [-0.25, -0.2) is 27.1 Å². The minimum atomic E-state index is -3.95. The molecule has 0 aliphatic carbocycles. The largest absolute Gasteiger partial charge is 0.506 e. The molecule has 0 radical (unpaired) electrons. The molecule has 0 saturated carbocycles. The van der Waals surface area contributed by atoms with E-state index in [1.54, 1.807) is 36.4 Å². The van der Waals surface area contributed by atoms with Crippen molar-refractivity contribution in [3.05, 3.63) is 105 Å². The molecule has 0 saturated heterocycles. The van der Waals surface area contributed by atoms with Gasteiger partial charge in [0.2, 0.25) is 20.0 Å². The van der Waals surface area contributed by atoms with Gasteiger partial charge < -0.3 is 20.4 Å². The summed E-state index contributed by atoms with van der Waals surface area (Å²) in [5.41, 5.74) is 0.177. The zero-order chi connectivity index (χ0) is 38.1. The van der Waals surface area contributed by atoms with Crippen LogP contribution in [0.15, 0.2) is 115 Å². The third-order valence-electron chi connectivity index (χ3n) is 7.14. The number of phenolic OH excluding ortho intramolecular Hbond substituents is 4. The van der Waals surface area contributed by atoms with Crippen LogP contribution in [0.1, 0.15) is 0 Å². The van der Waals surface area contributed by atoms with E-state index in [1.165, 1.54) is 36.4 Å². The molecule has 14 nitrogen and oxygen atoms in total.